The number of thiazole rings is 1. The molecule has 0 spiro atoms. The molecule has 2 aliphatic rings. The van der Waals surface area contributed by atoms with Crippen LogP contribution in [0.1, 0.15) is 17.8 Å². The van der Waals surface area contributed by atoms with Crippen LogP contribution in [0.2, 0.25) is 0 Å². The molecule has 1 N–H and O–H groups in total. The Kier molecular flexibility index (Phi) is 5.58. The van der Waals surface area contributed by atoms with Crippen LogP contribution in [0.3, 0.4) is 0 Å². The molecule has 1 aromatic rings. The highest BCUT2D eigenvalue weighted by Crippen LogP contribution is 2.30. The first-order valence-electron chi connectivity index (χ1n) is 8.35. The van der Waals surface area contributed by atoms with Gasteiger partial charge in [0.05, 0.1) is 24.4 Å². The van der Waals surface area contributed by atoms with Gasteiger partial charge in [-0.25, -0.2) is 18.1 Å². The fourth-order valence-corrected chi connectivity index (χ4v) is 5.72. The number of hydrogen-bond acceptors (Lipinski definition) is 7. The van der Waals surface area contributed by atoms with Crippen molar-refractivity contribution in [1.29, 1.82) is 0 Å². The van der Waals surface area contributed by atoms with Crippen LogP contribution in [0.15, 0.2) is 10.4 Å². The summed E-state index contributed by atoms with van der Waals surface area (Å²) in [5.74, 6) is 0. The Bertz CT molecular complexity index is 647. The standard InChI is InChI=1S/C15H26N4O3S2/c1-13-16-11-14(23-13)24(20,21)17-12-15(3-5-18(2)6-4-15)19-7-9-22-10-8-19/h11,17H,3-10,12H2,1-2H3. The van der Waals surface area contributed by atoms with Gasteiger partial charge in [-0.05, 0) is 39.9 Å². The number of sulfonamides is 1. The van der Waals surface area contributed by atoms with Gasteiger partial charge in [0, 0.05) is 25.2 Å². The van der Waals surface area contributed by atoms with Crippen LogP contribution < -0.4 is 4.72 Å². The lowest BCUT2D eigenvalue weighted by Gasteiger charge is -2.49. The molecule has 3 rings (SSSR count). The summed E-state index contributed by atoms with van der Waals surface area (Å²) in [6.07, 6.45) is 3.37. The van der Waals surface area contributed by atoms with Crippen molar-refractivity contribution < 1.29 is 13.2 Å². The highest BCUT2D eigenvalue weighted by molar-refractivity contribution is 7.91. The van der Waals surface area contributed by atoms with Gasteiger partial charge in [0.15, 0.2) is 4.21 Å². The topological polar surface area (TPSA) is 74.8 Å². The number of likely N-dealkylation sites (tertiary alicyclic amines) is 1. The lowest BCUT2D eigenvalue weighted by atomic mass is 9.85. The van der Waals surface area contributed by atoms with Crippen LogP contribution in [0, 0.1) is 6.92 Å². The van der Waals surface area contributed by atoms with Gasteiger partial charge in [-0.15, -0.1) is 11.3 Å². The van der Waals surface area contributed by atoms with Crippen molar-refractivity contribution in [1.82, 2.24) is 19.5 Å². The molecule has 0 radical (unpaired) electrons. The third kappa shape index (κ3) is 3.97. The third-order valence-corrected chi connectivity index (χ3v) is 7.83. The Balaban J connectivity index is 1.74. The Labute approximate surface area is 148 Å². The Hall–Kier alpha value is -0.580. The normalized spacial score (nSPS) is 23.4. The molecule has 0 amide bonds. The van der Waals surface area contributed by atoms with E-state index in [1.165, 1.54) is 17.5 Å². The third-order valence-electron chi connectivity index (χ3n) is 5.06. The molecule has 0 bridgehead atoms. The molecule has 2 saturated heterocycles. The van der Waals surface area contributed by atoms with Crippen molar-refractivity contribution >= 4 is 21.4 Å². The quantitative estimate of drug-likeness (QED) is 0.810. The minimum Gasteiger partial charge on any atom is -0.379 e. The van der Waals surface area contributed by atoms with Gasteiger partial charge in [-0.3, -0.25) is 4.90 Å². The zero-order chi connectivity index (χ0) is 17.2. The van der Waals surface area contributed by atoms with E-state index in [0.717, 1.165) is 57.2 Å². The van der Waals surface area contributed by atoms with Crippen molar-refractivity contribution in [3.63, 3.8) is 0 Å². The van der Waals surface area contributed by atoms with Gasteiger partial charge >= 0.3 is 0 Å². The van der Waals surface area contributed by atoms with E-state index in [-0.39, 0.29) is 5.54 Å². The molecule has 0 atom stereocenters. The number of nitrogens with one attached hydrogen (secondary N) is 1. The van der Waals surface area contributed by atoms with Crippen molar-refractivity contribution in [2.24, 2.45) is 0 Å². The van der Waals surface area contributed by atoms with E-state index in [4.69, 9.17) is 4.74 Å². The van der Waals surface area contributed by atoms with Crippen LogP contribution in [-0.2, 0) is 14.8 Å². The van der Waals surface area contributed by atoms with E-state index in [0.29, 0.717) is 10.8 Å². The number of aromatic nitrogens is 1. The van der Waals surface area contributed by atoms with Crippen molar-refractivity contribution in [3.8, 4) is 0 Å². The smallest absolute Gasteiger partial charge is 0.251 e. The SMILES string of the molecule is Cc1ncc(S(=O)(=O)NCC2(N3CCOCC3)CCN(C)CC2)s1. The molecule has 1 aromatic heterocycles. The van der Waals surface area contributed by atoms with Gasteiger partial charge in [-0.2, -0.15) is 0 Å². The van der Waals surface area contributed by atoms with Crippen LogP contribution in [0.25, 0.3) is 0 Å². The number of ether oxygens (including phenoxy) is 1. The van der Waals surface area contributed by atoms with Gasteiger partial charge in [-0.1, -0.05) is 0 Å². The fourth-order valence-electron chi connectivity index (χ4n) is 3.44. The first-order valence-corrected chi connectivity index (χ1v) is 10.6. The highest BCUT2D eigenvalue weighted by Gasteiger charge is 2.40. The fraction of sp³-hybridized carbons (Fsp3) is 0.800. The molecular formula is C15H26N4O3S2. The number of piperidine rings is 1. The Morgan fingerprint density at radius 3 is 2.54 bits per heavy atom. The zero-order valence-corrected chi connectivity index (χ0v) is 16.0. The predicted molar refractivity (Wildman–Crippen MR) is 93.9 cm³/mol. The summed E-state index contributed by atoms with van der Waals surface area (Å²) in [5.41, 5.74) is -0.122. The molecule has 7 nitrogen and oxygen atoms in total. The van der Waals surface area contributed by atoms with Crippen LogP contribution >= 0.6 is 11.3 Å². The minimum atomic E-state index is -3.49. The van der Waals surface area contributed by atoms with E-state index in [9.17, 15) is 8.42 Å². The van der Waals surface area contributed by atoms with E-state index < -0.39 is 10.0 Å². The van der Waals surface area contributed by atoms with Crippen molar-refractivity contribution in [3.05, 3.63) is 11.2 Å². The number of hydrogen-bond donors (Lipinski definition) is 1. The van der Waals surface area contributed by atoms with E-state index in [1.54, 1.807) is 0 Å². The maximum absolute atomic E-state index is 12.6. The molecule has 0 saturated carbocycles. The molecule has 2 aliphatic heterocycles. The van der Waals surface area contributed by atoms with Crippen LogP contribution in [-0.4, -0.2) is 81.7 Å². The van der Waals surface area contributed by atoms with Gasteiger partial charge < -0.3 is 9.64 Å². The van der Waals surface area contributed by atoms with Crippen LogP contribution in [0.5, 0.6) is 0 Å². The zero-order valence-electron chi connectivity index (χ0n) is 14.3. The lowest BCUT2D eigenvalue weighted by Crippen LogP contribution is -2.62. The number of morpholine rings is 1. The van der Waals surface area contributed by atoms with Crippen LogP contribution in [0.4, 0.5) is 0 Å². The second-order valence-corrected chi connectivity index (χ2v) is 9.88. The van der Waals surface area contributed by atoms with E-state index >= 15 is 0 Å². The molecule has 0 aliphatic carbocycles. The van der Waals surface area contributed by atoms with Crippen molar-refractivity contribution in [2.45, 2.75) is 29.5 Å². The molecule has 24 heavy (non-hydrogen) atoms. The molecular weight excluding hydrogens is 348 g/mol. The maximum Gasteiger partial charge on any atom is 0.251 e. The predicted octanol–water partition coefficient (Wildman–Crippen LogP) is 0.526. The second kappa shape index (κ2) is 7.35. The summed E-state index contributed by atoms with van der Waals surface area (Å²) in [7, 11) is -1.38. The molecule has 3 heterocycles. The van der Waals surface area contributed by atoms with Gasteiger partial charge in [0.2, 0.25) is 0 Å². The number of aryl methyl sites for hydroxylation is 1. The lowest BCUT2D eigenvalue weighted by molar-refractivity contribution is -0.0427. The number of rotatable bonds is 5. The average molecular weight is 375 g/mol. The summed E-state index contributed by atoms with van der Waals surface area (Å²) >= 11 is 1.21. The van der Waals surface area contributed by atoms with Gasteiger partial charge in [0.25, 0.3) is 10.0 Å². The van der Waals surface area contributed by atoms with E-state index in [1.807, 2.05) is 6.92 Å². The summed E-state index contributed by atoms with van der Waals surface area (Å²) in [4.78, 5) is 8.79. The summed E-state index contributed by atoms with van der Waals surface area (Å²) in [6.45, 7) is 7.40. The monoisotopic (exact) mass is 374 g/mol. The molecule has 0 aromatic carbocycles. The largest absolute Gasteiger partial charge is 0.379 e. The Morgan fingerprint density at radius 2 is 1.96 bits per heavy atom. The number of nitrogens with zero attached hydrogens (tertiary/aromatic N) is 3. The van der Waals surface area contributed by atoms with Gasteiger partial charge in [0.1, 0.15) is 0 Å². The molecule has 2 fully saturated rings. The Morgan fingerprint density at radius 1 is 1.29 bits per heavy atom. The first kappa shape index (κ1) is 18.2. The molecule has 136 valence electrons. The minimum absolute atomic E-state index is 0.122. The summed E-state index contributed by atoms with van der Waals surface area (Å²) < 4.78 is 33.8. The maximum atomic E-state index is 12.6. The second-order valence-electron chi connectivity index (χ2n) is 6.65. The average Bonchev–Trinajstić information content (AvgIpc) is 3.03. The first-order chi connectivity index (χ1) is 11.4. The highest BCUT2D eigenvalue weighted by atomic mass is 32.2. The molecule has 9 heteroatoms. The van der Waals surface area contributed by atoms with Crippen molar-refractivity contribution in [2.75, 3.05) is 53.0 Å². The van der Waals surface area contributed by atoms with E-state index in [2.05, 4.69) is 26.6 Å². The molecule has 0 unspecified atom stereocenters. The summed E-state index contributed by atoms with van der Waals surface area (Å²) in [6, 6.07) is 0. The summed E-state index contributed by atoms with van der Waals surface area (Å²) in [5, 5.41) is 0.762.